The summed E-state index contributed by atoms with van der Waals surface area (Å²) in [5.74, 6) is 0.756. The van der Waals surface area contributed by atoms with Gasteiger partial charge < -0.3 is 14.6 Å². The molecule has 0 atom stereocenters. The molecule has 1 aromatic carbocycles. The summed E-state index contributed by atoms with van der Waals surface area (Å²) in [5.41, 5.74) is 3.53. The Labute approximate surface area is 125 Å². The molecular weight excluding hydrogens is 264 g/mol. The third kappa shape index (κ3) is 4.12. The fourth-order valence-corrected chi connectivity index (χ4v) is 2.36. The molecule has 0 unspecified atom stereocenters. The van der Waals surface area contributed by atoms with Gasteiger partial charge in [0.1, 0.15) is 5.76 Å². The van der Waals surface area contributed by atoms with Crippen molar-refractivity contribution in [1.82, 2.24) is 5.32 Å². The first-order chi connectivity index (χ1) is 10.1. The van der Waals surface area contributed by atoms with E-state index in [0.717, 1.165) is 18.0 Å². The topological polar surface area (TPSA) is 45.5 Å². The van der Waals surface area contributed by atoms with Crippen molar-refractivity contribution in [1.29, 1.82) is 0 Å². The highest BCUT2D eigenvalue weighted by Gasteiger charge is 2.12. The zero-order valence-electron chi connectivity index (χ0n) is 12.8. The number of anilines is 1. The Morgan fingerprint density at radius 1 is 1.29 bits per heavy atom. The van der Waals surface area contributed by atoms with E-state index in [0.29, 0.717) is 13.1 Å². The summed E-state index contributed by atoms with van der Waals surface area (Å²) in [4.78, 5) is 14.1. The summed E-state index contributed by atoms with van der Waals surface area (Å²) in [6.45, 7) is 7.77. The number of carbonyl (C=O) groups is 1. The third-order valence-electron chi connectivity index (χ3n) is 3.45. The molecule has 0 saturated heterocycles. The van der Waals surface area contributed by atoms with Crippen LogP contribution in [0.5, 0.6) is 0 Å². The monoisotopic (exact) mass is 286 g/mol. The molecule has 0 aliphatic carbocycles. The van der Waals surface area contributed by atoms with Gasteiger partial charge in [-0.25, -0.2) is 0 Å². The Hall–Kier alpha value is -2.23. The highest BCUT2D eigenvalue weighted by molar-refractivity contribution is 5.81. The quantitative estimate of drug-likeness (QED) is 0.887. The van der Waals surface area contributed by atoms with Crippen LogP contribution >= 0.6 is 0 Å². The standard InChI is InChI=1S/C17H22N2O2/c1-4-19(16-8-7-13(2)10-14(16)3)12-17(20)18-11-15-6-5-9-21-15/h5-10H,4,11-12H2,1-3H3,(H,18,20). The van der Waals surface area contributed by atoms with Crippen LogP contribution in [0.1, 0.15) is 23.8 Å². The zero-order valence-corrected chi connectivity index (χ0v) is 12.8. The summed E-state index contributed by atoms with van der Waals surface area (Å²) in [7, 11) is 0. The lowest BCUT2D eigenvalue weighted by molar-refractivity contribution is -0.120. The van der Waals surface area contributed by atoms with Crippen LogP contribution < -0.4 is 10.2 Å². The van der Waals surface area contributed by atoms with Gasteiger partial charge in [-0.2, -0.15) is 0 Å². The van der Waals surface area contributed by atoms with E-state index in [4.69, 9.17) is 4.42 Å². The van der Waals surface area contributed by atoms with Crippen LogP contribution in [0.15, 0.2) is 41.0 Å². The second kappa shape index (κ2) is 6.97. The molecule has 2 rings (SSSR count). The predicted octanol–water partition coefficient (Wildman–Crippen LogP) is 3.04. The lowest BCUT2D eigenvalue weighted by Gasteiger charge is -2.24. The maximum absolute atomic E-state index is 12.1. The van der Waals surface area contributed by atoms with Crippen molar-refractivity contribution in [3.05, 3.63) is 53.5 Å². The summed E-state index contributed by atoms with van der Waals surface area (Å²) >= 11 is 0. The molecule has 0 saturated carbocycles. The summed E-state index contributed by atoms with van der Waals surface area (Å²) in [6, 6.07) is 9.95. The van der Waals surface area contributed by atoms with Crippen molar-refractivity contribution in [2.24, 2.45) is 0 Å². The molecular formula is C17H22N2O2. The number of nitrogens with one attached hydrogen (secondary N) is 1. The number of rotatable bonds is 6. The molecule has 0 fully saturated rings. The molecule has 4 heteroatoms. The van der Waals surface area contributed by atoms with Crippen molar-refractivity contribution in [2.75, 3.05) is 18.0 Å². The molecule has 1 amide bonds. The summed E-state index contributed by atoms with van der Waals surface area (Å²) in [6.07, 6.45) is 1.61. The molecule has 0 aliphatic rings. The van der Waals surface area contributed by atoms with E-state index in [1.807, 2.05) is 12.1 Å². The first-order valence-corrected chi connectivity index (χ1v) is 7.21. The van der Waals surface area contributed by atoms with Crippen LogP contribution in [0.25, 0.3) is 0 Å². The molecule has 2 aromatic rings. The molecule has 0 aliphatic heterocycles. The minimum Gasteiger partial charge on any atom is -0.467 e. The highest BCUT2D eigenvalue weighted by atomic mass is 16.3. The lowest BCUT2D eigenvalue weighted by atomic mass is 10.1. The molecule has 1 N–H and O–H groups in total. The molecule has 4 nitrogen and oxygen atoms in total. The van der Waals surface area contributed by atoms with E-state index in [2.05, 4.69) is 49.2 Å². The predicted molar refractivity (Wildman–Crippen MR) is 84.4 cm³/mol. The van der Waals surface area contributed by atoms with Gasteiger partial charge in [0.2, 0.25) is 5.91 Å². The second-order valence-corrected chi connectivity index (χ2v) is 5.16. The van der Waals surface area contributed by atoms with Gasteiger partial charge in [-0.3, -0.25) is 4.79 Å². The van der Waals surface area contributed by atoms with Crippen molar-refractivity contribution in [3.63, 3.8) is 0 Å². The number of benzene rings is 1. The number of carbonyl (C=O) groups excluding carboxylic acids is 1. The first-order valence-electron chi connectivity index (χ1n) is 7.21. The number of likely N-dealkylation sites (N-methyl/N-ethyl adjacent to an activating group) is 1. The minimum atomic E-state index is -0.00627. The zero-order chi connectivity index (χ0) is 15.2. The highest BCUT2D eigenvalue weighted by Crippen LogP contribution is 2.20. The second-order valence-electron chi connectivity index (χ2n) is 5.16. The molecule has 0 spiro atoms. The fourth-order valence-electron chi connectivity index (χ4n) is 2.36. The van der Waals surface area contributed by atoms with Crippen molar-refractivity contribution >= 4 is 11.6 Å². The average Bonchev–Trinajstić information content (AvgIpc) is 2.96. The molecule has 1 aromatic heterocycles. The Balaban J connectivity index is 1.96. The van der Waals surface area contributed by atoms with E-state index in [9.17, 15) is 4.79 Å². The number of hydrogen-bond acceptors (Lipinski definition) is 3. The Morgan fingerprint density at radius 3 is 2.71 bits per heavy atom. The maximum atomic E-state index is 12.1. The number of nitrogens with zero attached hydrogens (tertiary/aromatic N) is 1. The van der Waals surface area contributed by atoms with Gasteiger partial charge in [-0.1, -0.05) is 17.7 Å². The maximum Gasteiger partial charge on any atom is 0.239 e. The van der Waals surface area contributed by atoms with Gasteiger partial charge in [0, 0.05) is 12.2 Å². The van der Waals surface area contributed by atoms with E-state index >= 15 is 0 Å². The first kappa shape index (κ1) is 15.2. The number of aryl methyl sites for hydroxylation is 2. The normalized spacial score (nSPS) is 10.4. The molecule has 21 heavy (non-hydrogen) atoms. The largest absolute Gasteiger partial charge is 0.467 e. The summed E-state index contributed by atoms with van der Waals surface area (Å²) < 4.78 is 5.20. The van der Waals surface area contributed by atoms with Crippen molar-refractivity contribution < 1.29 is 9.21 Å². The van der Waals surface area contributed by atoms with Crippen LogP contribution in [0.2, 0.25) is 0 Å². The van der Waals surface area contributed by atoms with E-state index in [1.165, 1.54) is 11.1 Å². The van der Waals surface area contributed by atoms with Crippen LogP contribution in [-0.2, 0) is 11.3 Å². The molecule has 112 valence electrons. The molecule has 1 heterocycles. The van der Waals surface area contributed by atoms with E-state index in [1.54, 1.807) is 6.26 Å². The van der Waals surface area contributed by atoms with E-state index < -0.39 is 0 Å². The Bertz CT molecular complexity index is 591. The SMILES string of the molecule is CCN(CC(=O)NCc1ccco1)c1ccc(C)cc1C. The number of furan rings is 1. The van der Waals surface area contributed by atoms with Gasteiger partial charge in [0.15, 0.2) is 0 Å². The smallest absolute Gasteiger partial charge is 0.239 e. The van der Waals surface area contributed by atoms with Gasteiger partial charge in [0.05, 0.1) is 19.4 Å². The molecule has 0 bridgehead atoms. The van der Waals surface area contributed by atoms with Crippen LogP contribution in [0, 0.1) is 13.8 Å². The van der Waals surface area contributed by atoms with Gasteiger partial charge in [0.25, 0.3) is 0 Å². The summed E-state index contributed by atoms with van der Waals surface area (Å²) in [5, 5.41) is 2.88. The minimum absolute atomic E-state index is 0.00627. The number of hydrogen-bond donors (Lipinski definition) is 1. The fraction of sp³-hybridized carbons (Fsp3) is 0.353. The van der Waals surface area contributed by atoms with Crippen LogP contribution in [-0.4, -0.2) is 19.0 Å². The number of amides is 1. The van der Waals surface area contributed by atoms with Crippen molar-refractivity contribution in [3.8, 4) is 0 Å². The third-order valence-corrected chi connectivity index (χ3v) is 3.45. The van der Waals surface area contributed by atoms with E-state index in [-0.39, 0.29) is 5.91 Å². The Morgan fingerprint density at radius 2 is 2.10 bits per heavy atom. The molecule has 0 radical (unpaired) electrons. The Kier molecular flexibility index (Phi) is 5.04. The van der Waals surface area contributed by atoms with Gasteiger partial charge >= 0.3 is 0 Å². The van der Waals surface area contributed by atoms with Crippen LogP contribution in [0.4, 0.5) is 5.69 Å². The average molecular weight is 286 g/mol. The van der Waals surface area contributed by atoms with Crippen LogP contribution in [0.3, 0.4) is 0 Å². The lowest BCUT2D eigenvalue weighted by Crippen LogP contribution is -2.37. The van der Waals surface area contributed by atoms with Gasteiger partial charge in [-0.15, -0.1) is 0 Å². The van der Waals surface area contributed by atoms with Crippen molar-refractivity contribution in [2.45, 2.75) is 27.3 Å². The van der Waals surface area contributed by atoms with Gasteiger partial charge in [-0.05, 0) is 44.5 Å².